The predicted octanol–water partition coefficient (Wildman–Crippen LogP) is 4.01. The smallest absolute Gasteiger partial charge is 0.274 e. The Kier molecular flexibility index (Phi) is 4.40. The normalized spacial score (nSPS) is 10.9. The molecule has 0 saturated heterocycles. The Morgan fingerprint density at radius 3 is 2.56 bits per heavy atom. The molecule has 0 saturated carbocycles. The summed E-state index contributed by atoms with van der Waals surface area (Å²) in [6.45, 7) is 0.465. The van der Waals surface area contributed by atoms with Gasteiger partial charge in [-0.2, -0.15) is 0 Å². The number of halogens is 1. The zero-order chi connectivity index (χ0) is 18.8. The Balaban J connectivity index is 1.81. The molecule has 27 heavy (non-hydrogen) atoms. The van der Waals surface area contributed by atoms with E-state index in [1.54, 1.807) is 35.8 Å². The molecule has 0 radical (unpaired) electrons. The Hall–Kier alpha value is -3.51. The molecule has 4 rings (SSSR count). The van der Waals surface area contributed by atoms with E-state index < -0.39 is 5.91 Å². The van der Waals surface area contributed by atoms with Crippen molar-refractivity contribution in [1.82, 2.24) is 15.0 Å². The van der Waals surface area contributed by atoms with Crippen molar-refractivity contribution in [3.05, 3.63) is 89.7 Å². The van der Waals surface area contributed by atoms with E-state index in [2.05, 4.69) is 0 Å². The van der Waals surface area contributed by atoms with Crippen molar-refractivity contribution in [2.75, 3.05) is 0 Å². The molecule has 2 N–H and O–H groups in total. The summed E-state index contributed by atoms with van der Waals surface area (Å²) in [7, 11) is 0. The molecule has 0 spiro atoms. The third-order valence-electron chi connectivity index (χ3n) is 4.39. The van der Waals surface area contributed by atoms with E-state index in [-0.39, 0.29) is 5.82 Å². The number of aromatic nitrogens is 2. The molecular formula is C21H16FN3O2. The van der Waals surface area contributed by atoms with Crippen LogP contribution in [0.4, 0.5) is 4.39 Å². The minimum absolute atomic E-state index is 0.280. The van der Waals surface area contributed by atoms with Crippen molar-refractivity contribution in [2.45, 2.75) is 6.54 Å². The van der Waals surface area contributed by atoms with Gasteiger partial charge in [0.25, 0.3) is 5.91 Å². The van der Waals surface area contributed by atoms with E-state index in [0.29, 0.717) is 12.1 Å². The summed E-state index contributed by atoms with van der Waals surface area (Å²) in [4.78, 5) is 16.2. The third kappa shape index (κ3) is 3.30. The number of carbonyl (C=O) groups is 1. The van der Waals surface area contributed by atoms with E-state index in [0.717, 1.165) is 28.0 Å². The number of amides is 1. The summed E-state index contributed by atoms with van der Waals surface area (Å²) >= 11 is 0. The predicted molar refractivity (Wildman–Crippen MR) is 99.9 cm³/mol. The van der Waals surface area contributed by atoms with Crippen molar-refractivity contribution in [1.29, 1.82) is 0 Å². The lowest BCUT2D eigenvalue weighted by atomic mass is 10.1. The maximum atomic E-state index is 13.6. The van der Waals surface area contributed by atoms with Crippen LogP contribution in [0, 0.1) is 5.82 Å². The topological polar surface area (TPSA) is 67.2 Å². The summed E-state index contributed by atoms with van der Waals surface area (Å²) in [5.41, 5.74) is 5.38. The molecule has 1 amide bonds. The van der Waals surface area contributed by atoms with Crippen LogP contribution in [0.3, 0.4) is 0 Å². The molecule has 0 atom stereocenters. The minimum Gasteiger partial charge on any atom is -0.319 e. The number of rotatable bonds is 4. The number of imidazole rings is 1. The van der Waals surface area contributed by atoms with Crippen LogP contribution in [0.15, 0.2) is 72.8 Å². The molecule has 1 aromatic heterocycles. The second-order valence-corrected chi connectivity index (χ2v) is 6.16. The standard InChI is InChI=1S/C21H16FN3O2/c22-17-5-3-4-14(12-17)13-25-19-7-2-1-6-18(19)23-20(25)15-8-10-16(11-9-15)21(26)24-27/h1-12,27H,13H2,(H,24,26). The molecule has 0 unspecified atom stereocenters. The molecule has 0 aliphatic rings. The van der Waals surface area contributed by atoms with E-state index in [4.69, 9.17) is 10.2 Å². The average molecular weight is 361 g/mol. The fourth-order valence-corrected chi connectivity index (χ4v) is 3.11. The number of hydrogen-bond acceptors (Lipinski definition) is 3. The van der Waals surface area contributed by atoms with Crippen LogP contribution in [0.25, 0.3) is 22.4 Å². The van der Waals surface area contributed by atoms with Crippen molar-refractivity contribution in [2.24, 2.45) is 0 Å². The van der Waals surface area contributed by atoms with E-state index >= 15 is 0 Å². The Morgan fingerprint density at radius 1 is 1.04 bits per heavy atom. The number of nitrogens with one attached hydrogen (secondary N) is 1. The van der Waals surface area contributed by atoms with E-state index in [1.165, 1.54) is 12.1 Å². The maximum Gasteiger partial charge on any atom is 0.274 e. The van der Waals surface area contributed by atoms with Crippen molar-refractivity contribution in [3.63, 3.8) is 0 Å². The number of carbonyl (C=O) groups excluding carboxylic acids is 1. The first-order valence-electron chi connectivity index (χ1n) is 8.40. The van der Waals surface area contributed by atoms with Gasteiger partial charge in [-0.3, -0.25) is 10.0 Å². The monoisotopic (exact) mass is 361 g/mol. The lowest BCUT2D eigenvalue weighted by Gasteiger charge is -2.10. The van der Waals surface area contributed by atoms with Gasteiger partial charge < -0.3 is 4.57 Å². The molecule has 0 aliphatic carbocycles. The largest absolute Gasteiger partial charge is 0.319 e. The third-order valence-corrected chi connectivity index (χ3v) is 4.39. The average Bonchev–Trinajstić information content (AvgIpc) is 3.06. The lowest BCUT2D eigenvalue weighted by Crippen LogP contribution is -2.18. The molecule has 1 heterocycles. The quantitative estimate of drug-likeness (QED) is 0.426. The zero-order valence-electron chi connectivity index (χ0n) is 14.3. The van der Waals surface area contributed by atoms with Crippen molar-refractivity contribution < 1.29 is 14.4 Å². The number of para-hydroxylation sites is 2. The highest BCUT2D eigenvalue weighted by Gasteiger charge is 2.14. The van der Waals surface area contributed by atoms with Crippen LogP contribution in [0.5, 0.6) is 0 Å². The first kappa shape index (κ1) is 16.9. The summed E-state index contributed by atoms with van der Waals surface area (Å²) in [6.07, 6.45) is 0. The Labute approximate surface area is 154 Å². The number of hydrogen-bond donors (Lipinski definition) is 2. The zero-order valence-corrected chi connectivity index (χ0v) is 14.3. The molecule has 6 heteroatoms. The van der Waals surface area contributed by atoms with Crippen LogP contribution in [-0.2, 0) is 6.54 Å². The highest BCUT2D eigenvalue weighted by Crippen LogP contribution is 2.26. The number of benzene rings is 3. The van der Waals surface area contributed by atoms with Crippen molar-refractivity contribution >= 4 is 16.9 Å². The molecule has 0 fully saturated rings. The number of hydroxylamine groups is 1. The summed E-state index contributed by atoms with van der Waals surface area (Å²) in [5, 5.41) is 8.75. The Bertz CT molecular complexity index is 1120. The molecule has 5 nitrogen and oxygen atoms in total. The second-order valence-electron chi connectivity index (χ2n) is 6.16. The minimum atomic E-state index is -0.574. The number of fused-ring (bicyclic) bond motifs is 1. The van der Waals surface area contributed by atoms with Crippen molar-refractivity contribution in [3.8, 4) is 11.4 Å². The van der Waals surface area contributed by atoms with Gasteiger partial charge in [0.15, 0.2) is 0 Å². The summed E-state index contributed by atoms with van der Waals surface area (Å²) in [6, 6.07) is 21.0. The first-order chi connectivity index (χ1) is 13.2. The van der Waals surface area contributed by atoms with Crippen LogP contribution in [0.2, 0.25) is 0 Å². The fraction of sp³-hybridized carbons (Fsp3) is 0.0476. The lowest BCUT2D eigenvalue weighted by molar-refractivity contribution is 0.0706. The molecular weight excluding hydrogens is 345 g/mol. The van der Waals surface area contributed by atoms with Gasteiger partial charge in [0.1, 0.15) is 11.6 Å². The van der Waals surface area contributed by atoms with Gasteiger partial charge >= 0.3 is 0 Å². The van der Waals surface area contributed by atoms with Gasteiger partial charge in [-0.15, -0.1) is 0 Å². The molecule has 4 aromatic rings. The van der Waals surface area contributed by atoms with Crippen LogP contribution >= 0.6 is 0 Å². The molecule has 3 aromatic carbocycles. The van der Waals surface area contributed by atoms with Crippen LogP contribution in [0.1, 0.15) is 15.9 Å². The molecule has 0 bridgehead atoms. The van der Waals surface area contributed by atoms with Gasteiger partial charge in [-0.05, 0) is 42.0 Å². The van der Waals surface area contributed by atoms with Gasteiger partial charge in [-0.25, -0.2) is 14.9 Å². The van der Waals surface area contributed by atoms with Gasteiger partial charge in [0.2, 0.25) is 0 Å². The van der Waals surface area contributed by atoms with Gasteiger partial charge in [0, 0.05) is 17.7 Å². The number of nitrogens with zero attached hydrogens (tertiary/aromatic N) is 2. The first-order valence-corrected chi connectivity index (χ1v) is 8.40. The highest BCUT2D eigenvalue weighted by molar-refractivity contribution is 5.93. The SMILES string of the molecule is O=C(NO)c1ccc(-c2nc3ccccc3n2Cc2cccc(F)c2)cc1. The van der Waals surface area contributed by atoms with E-state index in [9.17, 15) is 9.18 Å². The van der Waals surface area contributed by atoms with Gasteiger partial charge in [-0.1, -0.05) is 36.4 Å². The van der Waals surface area contributed by atoms with Crippen LogP contribution in [-0.4, -0.2) is 20.7 Å². The second kappa shape index (κ2) is 7.01. The summed E-state index contributed by atoms with van der Waals surface area (Å²) in [5.74, 6) is -0.135. The van der Waals surface area contributed by atoms with Gasteiger partial charge in [0.05, 0.1) is 11.0 Å². The van der Waals surface area contributed by atoms with E-state index in [1.807, 2.05) is 34.9 Å². The Morgan fingerprint density at radius 2 is 1.81 bits per heavy atom. The fourth-order valence-electron chi connectivity index (χ4n) is 3.11. The maximum absolute atomic E-state index is 13.6. The molecule has 0 aliphatic heterocycles. The molecule has 134 valence electrons. The summed E-state index contributed by atoms with van der Waals surface area (Å²) < 4.78 is 15.6. The highest BCUT2D eigenvalue weighted by atomic mass is 19.1. The van der Waals surface area contributed by atoms with Crippen LogP contribution < -0.4 is 5.48 Å².